The molecule has 44 valence electrons. The average Bonchev–Trinajstić information content (AvgIpc) is 2.34. The van der Waals surface area contributed by atoms with Crippen LogP contribution in [0.5, 0.6) is 0 Å². The summed E-state index contributed by atoms with van der Waals surface area (Å²) in [4.78, 5) is 0. The van der Waals surface area contributed by atoms with E-state index in [0.717, 1.165) is 0 Å². The first-order chi connectivity index (χ1) is 6.85. The monoisotopic (exact) mass is 122 g/mol. The lowest BCUT2D eigenvalue weighted by Crippen LogP contribution is -1.76. The number of fused-ring (bicyclic) bond motifs is 1. The first-order valence-electron chi connectivity index (χ1n) is 5.65. The number of allylic oxidation sites excluding steroid dienone is 1. The molecule has 1 aromatic carbocycles. The van der Waals surface area contributed by atoms with Crippen LogP contribution in [-0.2, 0) is 6.37 Å². The van der Waals surface area contributed by atoms with Crippen LogP contribution in [0.3, 0.4) is 0 Å². The average molecular weight is 122 g/mol. The third kappa shape index (κ3) is 0.672. The second-order valence-corrected chi connectivity index (χ2v) is 1.78. The van der Waals surface area contributed by atoms with Gasteiger partial charge in [-0.3, -0.25) is 0 Å². The highest BCUT2D eigenvalue weighted by molar-refractivity contribution is 5.59. The van der Waals surface area contributed by atoms with Gasteiger partial charge in [-0.1, -0.05) is 36.3 Å². The molecule has 0 aliphatic heterocycles. The van der Waals surface area contributed by atoms with Crippen molar-refractivity contribution in [3.8, 4) is 0 Å². The molecule has 1 aliphatic carbocycles. The van der Waals surface area contributed by atoms with Crippen LogP contribution in [-0.4, -0.2) is 0 Å². The van der Waals surface area contributed by atoms with E-state index in [4.69, 9.17) is 8.22 Å². The minimum Gasteiger partial charge on any atom is -0.0795 e. The van der Waals surface area contributed by atoms with Crippen LogP contribution in [0.15, 0.2) is 30.2 Å². The van der Waals surface area contributed by atoms with Crippen molar-refractivity contribution in [2.75, 3.05) is 0 Å². The lowest BCUT2D eigenvalue weighted by molar-refractivity contribution is 1.31. The summed E-state index contributed by atoms with van der Waals surface area (Å²) in [6, 6.07) is 0.410. The van der Waals surface area contributed by atoms with Crippen LogP contribution in [0, 0.1) is 0 Å². The number of benzene rings is 1. The van der Waals surface area contributed by atoms with Gasteiger partial charge >= 0.3 is 0 Å². The van der Waals surface area contributed by atoms with Gasteiger partial charge in [-0.05, 0) is 17.5 Å². The van der Waals surface area contributed by atoms with Crippen molar-refractivity contribution in [1.82, 2.24) is 0 Å². The van der Waals surface area contributed by atoms with Crippen LogP contribution in [0.4, 0.5) is 0 Å². The molecule has 0 saturated carbocycles. The highest BCUT2D eigenvalue weighted by Gasteiger charge is 2.00. The van der Waals surface area contributed by atoms with Gasteiger partial charge < -0.3 is 0 Å². The van der Waals surface area contributed by atoms with E-state index >= 15 is 0 Å². The fourth-order valence-electron chi connectivity index (χ4n) is 0.760. The van der Waals surface area contributed by atoms with Gasteiger partial charge in [0.25, 0.3) is 0 Å². The Morgan fingerprint density at radius 1 is 1.56 bits per heavy atom. The van der Waals surface area contributed by atoms with Gasteiger partial charge in [-0.25, -0.2) is 0 Å². The molecular formula is C9H8. The summed E-state index contributed by atoms with van der Waals surface area (Å²) >= 11 is 0. The van der Waals surface area contributed by atoms with Gasteiger partial charge in [-0.15, -0.1) is 0 Å². The normalized spacial score (nSPS) is 30.0. The Morgan fingerprint density at radius 3 is 3.56 bits per heavy atom. The first-order valence-corrected chi connectivity index (χ1v) is 2.65. The van der Waals surface area contributed by atoms with Crippen LogP contribution in [0.1, 0.15) is 19.4 Å². The molecule has 0 unspecified atom stereocenters. The molecule has 2 rings (SSSR count). The van der Waals surface area contributed by atoms with Crippen LogP contribution < -0.4 is 0 Å². The van der Waals surface area contributed by atoms with Gasteiger partial charge in [0.05, 0.1) is 5.48 Å². The summed E-state index contributed by atoms with van der Waals surface area (Å²) in [6.45, 7) is 0. The van der Waals surface area contributed by atoms with E-state index in [1.807, 2.05) is 0 Å². The third-order valence-electron chi connectivity index (χ3n) is 1.20. The maximum atomic E-state index is 7.63. The van der Waals surface area contributed by atoms with E-state index in [-0.39, 0.29) is 29.7 Å². The third-order valence-corrected chi connectivity index (χ3v) is 1.20. The molecule has 0 spiro atoms. The highest BCUT2D eigenvalue weighted by Crippen LogP contribution is 2.17. The van der Waals surface area contributed by atoms with Crippen LogP contribution in [0.25, 0.3) is 6.08 Å². The Hall–Kier alpha value is -1.04. The number of hydrogen-bond donors (Lipinski definition) is 0. The molecule has 0 nitrogen and oxygen atoms in total. The zero-order chi connectivity index (χ0) is 11.4. The molecule has 0 fully saturated rings. The zero-order valence-electron chi connectivity index (χ0n) is 10.7. The summed E-state index contributed by atoms with van der Waals surface area (Å²) in [5, 5.41) is 0. The van der Waals surface area contributed by atoms with Crippen molar-refractivity contribution in [2.24, 2.45) is 0 Å². The smallest absolute Gasteiger partial charge is 0.0626 e. The van der Waals surface area contributed by atoms with E-state index in [9.17, 15) is 0 Å². The van der Waals surface area contributed by atoms with Gasteiger partial charge in [0.2, 0.25) is 0 Å². The SMILES string of the molecule is [2H]C1=Cc2cc([2H])c([2H])c([2H])c2C1([2H])[2H]. The van der Waals surface area contributed by atoms with E-state index in [1.165, 1.54) is 12.1 Å². The Kier molecular flexibility index (Phi) is 0.331. The zero-order valence-corrected chi connectivity index (χ0v) is 4.65. The lowest BCUT2D eigenvalue weighted by Gasteiger charge is -1.93. The van der Waals surface area contributed by atoms with Crippen molar-refractivity contribution in [3.05, 3.63) is 41.4 Å². The summed E-state index contributed by atoms with van der Waals surface area (Å²) < 4.78 is 45.1. The minimum absolute atomic E-state index is 0.0356. The van der Waals surface area contributed by atoms with E-state index in [2.05, 4.69) is 0 Å². The van der Waals surface area contributed by atoms with E-state index in [1.54, 1.807) is 0 Å². The second-order valence-electron chi connectivity index (χ2n) is 1.78. The van der Waals surface area contributed by atoms with Gasteiger partial charge in [0, 0.05) is 2.74 Å². The Bertz CT molecular complexity index is 474. The second kappa shape index (κ2) is 1.73. The standard InChI is InChI=1S/C9H8/c1-2-5-9-7-3-6-8(9)4-1/h1-6H,7H2/i1D,2D,3D,5D,7D2. The first kappa shape index (κ1) is 1.72. The Labute approximate surface area is 63.3 Å². The molecule has 0 N–H and O–H groups in total. The van der Waals surface area contributed by atoms with Crippen LogP contribution >= 0.6 is 0 Å². The van der Waals surface area contributed by atoms with Crippen molar-refractivity contribution in [1.29, 1.82) is 0 Å². The fraction of sp³-hybridized carbons (Fsp3) is 0.111. The number of rotatable bonds is 0. The van der Waals surface area contributed by atoms with Crippen molar-refractivity contribution < 1.29 is 8.22 Å². The molecular weight excluding hydrogens is 108 g/mol. The van der Waals surface area contributed by atoms with Crippen LogP contribution in [0.2, 0.25) is 0 Å². The lowest BCUT2D eigenvalue weighted by atomic mass is 10.1. The van der Waals surface area contributed by atoms with Crippen molar-refractivity contribution >= 4 is 6.08 Å². The molecule has 0 aromatic heterocycles. The highest BCUT2D eigenvalue weighted by atomic mass is 14.0. The van der Waals surface area contributed by atoms with Crippen molar-refractivity contribution in [3.63, 3.8) is 0 Å². The minimum atomic E-state index is -2.00. The molecule has 0 bridgehead atoms. The largest absolute Gasteiger partial charge is 0.0795 e. The molecule has 0 saturated heterocycles. The molecule has 1 aromatic rings. The molecule has 1 aliphatic rings. The predicted molar refractivity (Wildman–Crippen MR) is 39.2 cm³/mol. The van der Waals surface area contributed by atoms with Gasteiger partial charge in [0.1, 0.15) is 0 Å². The quantitative estimate of drug-likeness (QED) is 0.495. The van der Waals surface area contributed by atoms with E-state index < -0.39 is 6.37 Å². The van der Waals surface area contributed by atoms with Gasteiger partial charge in [0.15, 0.2) is 0 Å². The number of hydrogen-bond acceptors (Lipinski definition) is 0. The fourth-order valence-corrected chi connectivity index (χ4v) is 0.760. The van der Waals surface area contributed by atoms with Gasteiger partial charge in [-0.2, -0.15) is 0 Å². The molecule has 0 heterocycles. The predicted octanol–water partition coefficient (Wildman–Crippen LogP) is 2.26. The Balaban J connectivity index is 2.79. The summed E-state index contributed by atoms with van der Waals surface area (Å²) in [5.74, 6) is 0. The molecule has 0 atom stereocenters. The van der Waals surface area contributed by atoms with E-state index in [0.29, 0.717) is 5.56 Å². The summed E-state index contributed by atoms with van der Waals surface area (Å²) in [5.41, 5.74) is 0.407. The molecule has 0 heteroatoms. The topological polar surface area (TPSA) is 0 Å². The maximum absolute atomic E-state index is 7.63. The maximum Gasteiger partial charge on any atom is 0.0626 e. The molecule has 0 radical (unpaired) electrons. The summed E-state index contributed by atoms with van der Waals surface area (Å²) in [7, 11) is 0. The molecule has 0 amide bonds. The molecule has 9 heavy (non-hydrogen) atoms. The summed E-state index contributed by atoms with van der Waals surface area (Å²) in [6.07, 6.45) is -0.694. The Morgan fingerprint density at radius 2 is 2.56 bits per heavy atom. The van der Waals surface area contributed by atoms with Crippen molar-refractivity contribution in [2.45, 2.75) is 6.37 Å².